The van der Waals surface area contributed by atoms with Gasteiger partial charge in [-0.25, -0.2) is 0 Å². The summed E-state index contributed by atoms with van der Waals surface area (Å²) in [5.41, 5.74) is 7.16. The number of benzene rings is 1. The van der Waals surface area contributed by atoms with Crippen LogP contribution in [0.2, 0.25) is 10.0 Å². The monoisotopic (exact) mass is 318 g/mol. The number of thioether (sulfide) groups is 1. The summed E-state index contributed by atoms with van der Waals surface area (Å²) >= 11 is 14.1. The summed E-state index contributed by atoms with van der Waals surface area (Å²) in [5.74, 6) is 1.16. The molecule has 0 amide bonds. The topological polar surface area (TPSA) is 29.3 Å². The Morgan fingerprint density at radius 1 is 1.37 bits per heavy atom. The van der Waals surface area contributed by atoms with E-state index in [1.165, 1.54) is 0 Å². The fourth-order valence-electron chi connectivity index (χ4n) is 2.58. The van der Waals surface area contributed by atoms with Gasteiger partial charge in [0.15, 0.2) is 0 Å². The van der Waals surface area contributed by atoms with Crippen LogP contribution < -0.4 is 5.73 Å². The van der Waals surface area contributed by atoms with E-state index in [1.807, 2.05) is 30.0 Å². The van der Waals surface area contributed by atoms with E-state index in [4.69, 9.17) is 28.9 Å². The number of hydrogen-bond acceptors (Lipinski definition) is 3. The van der Waals surface area contributed by atoms with Crippen LogP contribution in [-0.4, -0.2) is 35.0 Å². The van der Waals surface area contributed by atoms with Crippen LogP contribution in [-0.2, 0) is 0 Å². The van der Waals surface area contributed by atoms with Crippen molar-refractivity contribution >= 4 is 35.0 Å². The molecule has 3 unspecified atom stereocenters. The van der Waals surface area contributed by atoms with Gasteiger partial charge in [0, 0.05) is 36.2 Å². The predicted molar refractivity (Wildman–Crippen MR) is 86.3 cm³/mol. The van der Waals surface area contributed by atoms with Gasteiger partial charge in [-0.3, -0.25) is 4.90 Å². The van der Waals surface area contributed by atoms with Crippen molar-refractivity contribution in [2.24, 2.45) is 5.73 Å². The van der Waals surface area contributed by atoms with Crippen molar-refractivity contribution in [2.75, 3.05) is 18.8 Å². The highest BCUT2D eigenvalue weighted by molar-refractivity contribution is 8.00. The normalized spacial score (nSPS) is 26.4. The Kier molecular flexibility index (Phi) is 5.44. The van der Waals surface area contributed by atoms with Gasteiger partial charge in [0.2, 0.25) is 0 Å². The van der Waals surface area contributed by atoms with Gasteiger partial charge in [0.1, 0.15) is 0 Å². The smallest absolute Gasteiger partial charge is 0.0595 e. The summed E-state index contributed by atoms with van der Waals surface area (Å²) in [6.07, 6.45) is 0. The number of nitrogens with zero attached hydrogens (tertiary/aromatic N) is 1. The first-order chi connectivity index (χ1) is 9.04. The Morgan fingerprint density at radius 2 is 2.11 bits per heavy atom. The summed E-state index contributed by atoms with van der Waals surface area (Å²) in [6.45, 7) is 6.22. The quantitative estimate of drug-likeness (QED) is 0.918. The molecule has 0 aliphatic carbocycles. The number of rotatable bonds is 3. The summed E-state index contributed by atoms with van der Waals surface area (Å²) < 4.78 is 0. The molecule has 1 aliphatic heterocycles. The van der Waals surface area contributed by atoms with Gasteiger partial charge in [-0.05, 0) is 24.6 Å². The number of hydrogen-bond donors (Lipinski definition) is 1. The van der Waals surface area contributed by atoms with Gasteiger partial charge >= 0.3 is 0 Å². The summed E-state index contributed by atoms with van der Waals surface area (Å²) in [5, 5.41) is 1.83. The number of halogens is 2. The molecule has 19 heavy (non-hydrogen) atoms. The van der Waals surface area contributed by atoms with Crippen molar-refractivity contribution < 1.29 is 0 Å². The van der Waals surface area contributed by atoms with Crippen LogP contribution in [0.4, 0.5) is 0 Å². The summed E-state index contributed by atoms with van der Waals surface area (Å²) in [6, 6.07) is 6.56. The Balaban J connectivity index is 2.25. The molecule has 2 N–H and O–H groups in total. The zero-order valence-corrected chi connectivity index (χ0v) is 13.6. The van der Waals surface area contributed by atoms with Crippen LogP contribution in [0.15, 0.2) is 18.2 Å². The first-order valence-electron chi connectivity index (χ1n) is 6.57. The third kappa shape index (κ3) is 3.40. The molecule has 1 aromatic carbocycles. The third-order valence-corrected chi connectivity index (χ3v) is 5.96. The van der Waals surface area contributed by atoms with Gasteiger partial charge in [0.05, 0.1) is 10.0 Å². The molecule has 2 rings (SSSR count). The molecule has 106 valence electrons. The zero-order chi connectivity index (χ0) is 14.0. The van der Waals surface area contributed by atoms with Crippen molar-refractivity contribution in [2.45, 2.75) is 31.2 Å². The van der Waals surface area contributed by atoms with Crippen molar-refractivity contribution in [3.63, 3.8) is 0 Å². The van der Waals surface area contributed by atoms with Crippen LogP contribution in [0.5, 0.6) is 0 Å². The molecule has 0 spiro atoms. The minimum Gasteiger partial charge on any atom is -0.329 e. The average Bonchev–Trinajstić information content (AvgIpc) is 2.39. The zero-order valence-electron chi connectivity index (χ0n) is 11.3. The van der Waals surface area contributed by atoms with Crippen LogP contribution >= 0.6 is 35.0 Å². The van der Waals surface area contributed by atoms with Crippen molar-refractivity contribution in [3.8, 4) is 0 Å². The molecule has 0 radical (unpaired) electrons. The molecule has 1 heterocycles. The Hall–Kier alpha value is 0.0700. The fourth-order valence-corrected chi connectivity index (χ4v) is 4.01. The van der Waals surface area contributed by atoms with Gasteiger partial charge < -0.3 is 5.73 Å². The molecule has 2 nitrogen and oxygen atoms in total. The Morgan fingerprint density at radius 3 is 2.74 bits per heavy atom. The molecular formula is C14H20Cl2N2S. The van der Waals surface area contributed by atoms with Gasteiger partial charge in [0.25, 0.3) is 0 Å². The third-order valence-electron chi connectivity index (χ3n) is 3.88. The molecule has 1 aliphatic rings. The van der Waals surface area contributed by atoms with Crippen LogP contribution in [0.25, 0.3) is 0 Å². The van der Waals surface area contributed by atoms with Gasteiger partial charge in [-0.15, -0.1) is 0 Å². The van der Waals surface area contributed by atoms with E-state index in [0.29, 0.717) is 27.9 Å². The summed E-state index contributed by atoms with van der Waals surface area (Å²) in [4.78, 5) is 2.49. The van der Waals surface area contributed by atoms with E-state index >= 15 is 0 Å². The molecule has 3 atom stereocenters. The second-order valence-electron chi connectivity index (χ2n) is 4.98. The minimum absolute atomic E-state index is 0.216. The highest BCUT2D eigenvalue weighted by atomic mass is 35.5. The summed E-state index contributed by atoms with van der Waals surface area (Å²) in [7, 11) is 0. The first-order valence-corrected chi connectivity index (χ1v) is 8.37. The molecule has 1 fully saturated rings. The SMILES string of the molecule is CC1SCCN(C(CN)c2ccc(Cl)c(Cl)c2)C1C. The molecule has 0 aromatic heterocycles. The maximum atomic E-state index is 6.12. The van der Waals surface area contributed by atoms with E-state index in [2.05, 4.69) is 18.7 Å². The molecular weight excluding hydrogens is 299 g/mol. The average molecular weight is 319 g/mol. The lowest BCUT2D eigenvalue weighted by molar-refractivity contribution is 0.150. The maximum Gasteiger partial charge on any atom is 0.0595 e. The van der Waals surface area contributed by atoms with Gasteiger partial charge in [-0.2, -0.15) is 11.8 Å². The van der Waals surface area contributed by atoms with Crippen molar-refractivity contribution in [3.05, 3.63) is 33.8 Å². The van der Waals surface area contributed by atoms with E-state index in [1.54, 1.807) is 0 Å². The highest BCUT2D eigenvalue weighted by Gasteiger charge is 2.30. The lowest BCUT2D eigenvalue weighted by Crippen LogP contribution is -2.48. The largest absolute Gasteiger partial charge is 0.329 e. The van der Waals surface area contributed by atoms with Crippen molar-refractivity contribution in [1.82, 2.24) is 4.90 Å². The highest BCUT2D eigenvalue weighted by Crippen LogP contribution is 2.33. The Labute approximate surface area is 129 Å². The van der Waals surface area contributed by atoms with Gasteiger partial charge in [-0.1, -0.05) is 36.2 Å². The van der Waals surface area contributed by atoms with Crippen LogP contribution in [0.3, 0.4) is 0 Å². The maximum absolute atomic E-state index is 6.12. The van der Waals surface area contributed by atoms with Crippen LogP contribution in [0.1, 0.15) is 25.5 Å². The van der Waals surface area contributed by atoms with E-state index in [9.17, 15) is 0 Å². The van der Waals surface area contributed by atoms with E-state index in [-0.39, 0.29) is 6.04 Å². The van der Waals surface area contributed by atoms with Crippen molar-refractivity contribution in [1.29, 1.82) is 0 Å². The second kappa shape index (κ2) is 6.68. The van der Waals surface area contributed by atoms with E-state index in [0.717, 1.165) is 17.9 Å². The standard InChI is InChI=1S/C14H20Cl2N2S/c1-9-10(2)19-6-5-18(9)14(8-17)11-3-4-12(15)13(16)7-11/h3-4,7,9-10,14H,5-6,8,17H2,1-2H3. The van der Waals surface area contributed by atoms with Crippen LogP contribution in [0, 0.1) is 0 Å². The molecule has 1 saturated heterocycles. The molecule has 0 bridgehead atoms. The lowest BCUT2D eigenvalue weighted by atomic mass is 10.0. The fraction of sp³-hybridized carbons (Fsp3) is 0.571. The number of nitrogens with two attached hydrogens (primary N) is 1. The molecule has 0 saturated carbocycles. The first kappa shape index (κ1) is 15.5. The van der Waals surface area contributed by atoms with E-state index < -0.39 is 0 Å². The molecule has 5 heteroatoms. The predicted octanol–water partition coefficient (Wildman–Crippen LogP) is 3.82. The molecule has 1 aromatic rings. The second-order valence-corrected chi connectivity index (χ2v) is 7.28. The minimum atomic E-state index is 0.216. The Bertz CT molecular complexity index is 441. The lowest BCUT2D eigenvalue weighted by Gasteiger charge is -2.42.